The van der Waals surface area contributed by atoms with Gasteiger partial charge in [0.25, 0.3) is 5.91 Å². The number of nitrogens with one attached hydrogen (secondary N) is 1. The zero-order chi connectivity index (χ0) is 19.2. The lowest BCUT2D eigenvalue weighted by atomic mass is 9.82. The summed E-state index contributed by atoms with van der Waals surface area (Å²) in [6, 6.07) is 11.7. The molecule has 3 rings (SSSR count). The number of ether oxygens (including phenoxy) is 1. The Balaban J connectivity index is 1.56. The van der Waals surface area contributed by atoms with Crippen molar-refractivity contribution in [3.8, 4) is 5.88 Å². The van der Waals surface area contributed by atoms with E-state index in [0.29, 0.717) is 22.8 Å². The number of aromatic nitrogens is 2. The first-order chi connectivity index (χ1) is 13.0. The first-order valence-electron chi connectivity index (χ1n) is 7.98. The quantitative estimate of drug-likeness (QED) is 0.564. The number of anilines is 1. The number of rotatable bonds is 6. The van der Waals surface area contributed by atoms with Gasteiger partial charge in [0.2, 0.25) is 5.88 Å². The van der Waals surface area contributed by atoms with Gasteiger partial charge in [-0.2, -0.15) is 0 Å². The maximum Gasteiger partial charge on any atom is 0.490 e. The number of halogens is 1. The molecular weight excluding hydrogens is 352 g/mol. The predicted molar refractivity (Wildman–Crippen MR) is 97.0 cm³/mol. The van der Waals surface area contributed by atoms with E-state index >= 15 is 0 Å². The molecule has 0 aliphatic heterocycles. The number of nitrogens with zero attached hydrogens (tertiary/aromatic N) is 2. The zero-order valence-electron chi connectivity index (χ0n) is 14.0. The molecule has 0 saturated heterocycles. The third-order valence-corrected chi connectivity index (χ3v) is 3.61. The number of amides is 1. The van der Waals surface area contributed by atoms with Gasteiger partial charge < -0.3 is 20.1 Å². The van der Waals surface area contributed by atoms with Crippen molar-refractivity contribution in [1.82, 2.24) is 9.97 Å². The van der Waals surface area contributed by atoms with Gasteiger partial charge in [-0.05, 0) is 36.4 Å². The fourth-order valence-electron chi connectivity index (χ4n) is 2.16. The lowest BCUT2D eigenvalue weighted by molar-refractivity contribution is 0.102. The Kier molecular flexibility index (Phi) is 5.75. The standard InChI is InChI=1S/C18H15BFN3O4/c20-14-3-6-15(7-4-14)23-18(24)12-1-8-17(22-9-12)27-11-16-5-2-13(10-21-16)19(25)26/h1-10,25-26H,11H2,(H,23,24). The third kappa shape index (κ3) is 5.10. The van der Waals surface area contributed by atoms with Gasteiger partial charge in [-0.15, -0.1) is 0 Å². The van der Waals surface area contributed by atoms with Crippen LogP contribution < -0.4 is 15.5 Å². The summed E-state index contributed by atoms with van der Waals surface area (Å²) >= 11 is 0. The lowest BCUT2D eigenvalue weighted by Crippen LogP contribution is -2.30. The number of carbonyl (C=O) groups excluding carboxylic acids is 1. The van der Waals surface area contributed by atoms with Gasteiger partial charge >= 0.3 is 7.12 Å². The summed E-state index contributed by atoms with van der Waals surface area (Å²) in [6.45, 7) is 0.135. The van der Waals surface area contributed by atoms with E-state index in [-0.39, 0.29) is 23.8 Å². The number of hydrogen-bond acceptors (Lipinski definition) is 6. The number of carbonyl (C=O) groups is 1. The average molecular weight is 367 g/mol. The highest BCUT2D eigenvalue weighted by Gasteiger charge is 2.11. The second kappa shape index (κ2) is 8.39. The molecule has 0 spiro atoms. The Hall–Kier alpha value is -3.30. The molecule has 0 aliphatic rings. The van der Waals surface area contributed by atoms with Gasteiger partial charge in [-0.1, -0.05) is 6.07 Å². The zero-order valence-corrected chi connectivity index (χ0v) is 14.0. The molecule has 7 nitrogen and oxygen atoms in total. The van der Waals surface area contributed by atoms with Gasteiger partial charge in [-0.3, -0.25) is 9.78 Å². The first kappa shape index (κ1) is 18.5. The first-order valence-corrected chi connectivity index (χ1v) is 7.98. The Morgan fingerprint density at radius 3 is 2.41 bits per heavy atom. The summed E-state index contributed by atoms with van der Waals surface area (Å²) < 4.78 is 18.4. The molecule has 3 aromatic rings. The second-order valence-electron chi connectivity index (χ2n) is 5.59. The van der Waals surface area contributed by atoms with Crippen molar-refractivity contribution in [2.75, 3.05) is 5.32 Å². The molecule has 0 atom stereocenters. The van der Waals surface area contributed by atoms with Crippen molar-refractivity contribution in [2.45, 2.75) is 6.61 Å². The molecule has 0 radical (unpaired) electrons. The summed E-state index contributed by atoms with van der Waals surface area (Å²) in [4.78, 5) is 20.3. The molecule has 0 aliphatic carbocycles. The molecule has 1 amide bonds. The highest BCUT2D eigenvalue weighted by molar-refractivity contribution is 6.58. The number of pyridine rings is 2. The SMILES string of the molecule is O=C(Nc1ccc(F)cc1)c1ccc(OCc2ccc(B(O)O)cn2)nc1. The van der Waals surface area contributed by atoms with Crippen LogP contribution in [0.25, 0.3) is 0 Å². The van der Waals surface area contributed by atoms with E-state index in [2.05, 4.69) is 15.3 Å². The van der Waals surface area contributed by atoms with Crippen LogP contribution in [-0.4, -0.2) is 33.0 Å². The molecule has 2 aromatic heterocycles. The summed E-state index contributed by atoms with van der Waals surface area (Å²) in [5, 5.41) is 20.7. The van der Waals surface area contributed by atoms with Crippen molar-refractivity contribution in [3.05, 3.63) is 78.0 Å². The largest absolute Gasteiger partial charge is 0.490 e. The van der Waals surface area contributed by atoms with Crippen molar-refractivity contribution < 1.29 is 24.0 Å². The molecule has 0 fully saturated rings. The highest BCUT2D eigenvalue weighted by Crippen LogP contribution is 2.13. The topological polar surface area (TPSA) is 105 Å². The van der Waals surface area contributed by atoms with Crippen LogP contribution in [0.1, 0.15) is 16.1 Å². The normalized spacial score (nSPS) is 10.3. The van der Waals surface area contributed by atoms with E-state index in [9.17, 15) is 9.18 Å². The van der Waals surface area contributed by atoms with Crippen LogP contribution >= 0.6 is 0 Å². The van der Waals surface area contributed by atoms with Crippen molar-refractivity contribution >= 4 is 24.2 Å². The lowest BCUT2D eigenvalue weighted by Gasteiger charge is -2.07. The van der Waals surface area contributed by atoms with Crippen LogP contribution in [0.3, 0.4) is 0 Å². The monoisotopic (exact) mass is 367 g/mol. The minimum atomic E-state index is -1.57. The van der Waals surface area contributed by atoms with Gasteiger partial charge in [0, 0.05) is 29.6 Å². The van der Waals surface area contributed by atoms with Crippen molar-refractivity contribution in [2.24, 2.45) is 0 Å². The smallest absolute Gasteiger partial charge is 0.471 e. The molecule has 1 aromatic carbocycles. The third-order valence-electron chi connectivity index (χ3n) is 3.61. The maximum atomic E-state index is 12.9. The van der Waals surface area contributed by atoms with Gasteiger partial charge in [0.15, 0.2) is 0 Å². The minimum Gasteiger partial charge on any atom is -0.471 e. The van der Waals surface area contributed by atoms with Gasteiger partial charge in [-0.25, -0.2) is 9.37 Å². The van der Waals surface area contributed by atoms with Crippen LogP contribution in [-0.2, 0) is 6.61 Å². The maximum absolute atomic E-state index is 12.9. The van der Waals surface area contributed by atoms with Gasteiger partial charge in [0.05, 0.1) is 11.3 Å². The molecule has 27 heavy (non-hydrogen) atoms. The second-order valence-corrected chi connectivity index (χ2v) is 5.59. The fourth-order valence-corrected chi connectivity index (χ4v) is 2.16. The van der Waals surface area contributed by atoms with E-state index < -0.39 is 7.12 Å². The summed E-state index contributed by atoms with van der Waals surface area (Å²) in [7, 11) is -1.57. The van der Waals surface area contributed by atoms with Gasteiger partial charge in [0.1, 0.15) is 12.4 Å². The molecule has 0 bridgehead atoms. The Labute approximate surface area is 154 Å². The Morgan fingerprint density at radius 2 is 1.81 bits per heavy atom. The molecular formula is C18H15BFN3O4. The highest BCUT2D eigenvalue weighted by atomic mass is 19.1. The Bertz CT molecular complexity index is 903. The summed E-state index contributed by atoms with van der Waals surface area (Å²) in [6.07, 6.45) is 2.71. The molecule has 9 heteroatoms. The van der Waals surface area contributed by atoms with E-state index in [1.165, 1.54) is 42.7 Å². The number of benzene rings is 1. The Morgan fingerprint density at radius 1 is 1.04 bits per heavy atom. The molecule has 0 saturated carbocycles. The average Bonchev–Trinajstić information content (AvgIpc) is 2.69. The predicted octanol–water partition coefficient (Wildman–Crippen LogP) is 1.13. The van der Waals surface area contributed by atoms with Crippen LogP contribution in [0.5, 0.6) is 5.88 Å². The van der Waals surface area contributed by atoms with E-state index in [0.717, 1.165) is 0 Å². The van der Waals surface area contributed by atoms with Crippen LogP contribution in [0.2, 0.25) is 0 Å². The fraction of sp³-hybridized carbons (Fsp3) is 0.0556. The van der Waals surface area contributed by atoms with Crippen LogP contribution in [0.4, 0.5) is 10.1 Å². The summed E-state index contributed by atoms with van der Waals surface area (Å²) in [5.74, 6) is -0.449. The molecule has 136 valence electrons. The molecule has 0 unspecified atom stereocenters. The van der Waals surface area contributed by atoms with E-state index in [1.807, 2.05) is 0 Å². The number of hydrogen-bond donors (Lipinski definition) is 3. The van der Waals surface area contributed by atoms with E-state index in [1.54, 1.807) is 18.2 Å². The van der Waals surface area contributed by atoms with Crippen molar-refractivity contribution in [3.63, 3.8) is 0 Å². The van der Waals surface area contributed by atoms with Crippen molar-refractivity contribution in [1.29, 1.82) is 0 Å². The molecule has 3 N–H and O–H groups in total. The summed E-state index contributed by atoms with van der Waals surface area (Å²) in [5.41, 5.74) is 1.67. The van der Waals surface area contributed by atoms with E-state index in [4.69, 9.17) is 14.8 Å². The van der Waals surface area contributed by atoms with Crippen LogP contribution in [0, 0.1) is 5.82 Å². The van der Waals surface area contributed by atoms with Crippen LogP contribution in [0.15, 0.2) is 60.9 Å². The minimum absolute atomic E-state index is 0.135. The molecule has 2 heterocycles.